The maximum atomic E-state index is 10.7. The van der Waals surface area contributed by atoms with E-state index in [-0.39, 0.29) is 11.3 Å². The third-order valence-corrected chi connectivity index (χ3v) is 3.02. The molecule has 0 amide bonds. The van der Waals surface area contributed by atoms with Crippen LogP contribution in [0.25, 0.3) is 0 Å². The van der Waals surface area contributed by atoms with Crippen LogP contribution in [0.2, 0.25) is 0 Å². The third-order valence-electron chi connectivity index (χ3n) is 2.24. The van der Waals surface area contributed by atoms with E-state index in [0.29, 0.717) is 12.2 Å². The second-order valence-corrected chi connectivity index (χ2v) is 4.36. The van der Waals surface area contributed by atoms with Crippen molar-refractivity contribution in [3.63, 3.8) is 0 Å². The largest absolute Gasteiger partial charge is 0.378 e. The molecule has 18 heavy (non-hydrogen) atoms. The molecule has 1 aromatic heterocycles. The van der Waals surface area contributed by atoms with E-state index >= 15 is 0 Å². The van der Waals surface area contributed by atoms with Crippen LogP contribution in [-0.2, 0) is 6.54 Å². The van der Waals surface area contributed by atoms with Crippen LogP contribution in [0.3, 0.4) is 0 Å². The van der Waals surface area contributed by atoms with Gasteiger partial charge in [-0.15, -0.1) is 11.3 Å². The number of thiazole rings is 1. The molecule has 0 aliphatic rings. The fraction of sp³-hybridized carbons (Fsp3) is 0.0909. The van der Waals surface area contributed by atoms with Gasteiger partial charge in [-0.25, -0.2) is 4.98 Å². The van der Waals surface area contributed by atoms with Crippen LogP contribution in [0, 0.1) is 21.4 Å². The van der Waals surface area contributed by atoms with Crippen LogP contribution in [0.15, 0.2) is 29.8 Å². The van der Waals surface area contributed by atoms with Crippen molar-refractivity contribution in [2.45, 2.75) is 6.54 Å². The molecular formula is C11H8N4O2S. The van der Waals surface area contributed by atoms with E-state index in [4.69, 9.17) is 5.26 Å². The molecule has 0 radical (unpaired) electrons. The van der Waals surface area contributed by atoms with Gasteiger partial charge in [-0.05, 0) is 12.1 Å². The average Bonchev–Trinajstić information content (AvgIpc) is 2.88. The molecule has 1 aromatic carbocycles. The summed E-state index contributed by atoms with van der Waals surface area (Å²) in [5, 5.41) is 25.4. The first-order valence-electron chi connectivity index (χ1n) is 5.01. The number of nitriles is 1. The summed E-state index contributed by atoms with van der Waals surface area (Å²) in [5.74, 6) is 0. The number of hydrogen-bond donors (Lipinski definition) is 1. The quantitative estimate of drug-likeness (QED) is 0.673. The normalized spacial score (nSPS) is 9.72. The number of hydrogen-bond acceptors (Lipinski definition) is 6. The summed E-state index contributed by atoms with van der Waals surface area (Å²) in [7, 11) is 0. The zero-order valence-corrected chi connectivity index (χ0v) is 9.98. The lowest BCUT2D eigenvalue weighted by atomic mass is 10.2. The molecule has 6 nitrogen and oxygen atoms in total. The number of rotatable bonds is 4. The van der Waals surface area contributed by atoms with Gasteiger partial charge in [0.2, 0.25) is 0 Å². The average molecular weight is 260 g/mol. The van der Waals surface area contributed by atoms with Crippen LogP contribution in [-0.4, -0.2) is 9.91 Å². The predicted molar refractivity (Wildman–Crippen MR) is 67.3 cm³/mol. The third kappa shape index (κ3) is 2.61. The molecule has 2 aromatic rings. The molecule has 2 rings (SSSR count). The van der Waals surface area contributed by atoms with Crippen LogP contribution in [0.1, 0.15) is 10.6 Å². The molecule has 1 N–H and O–H groups in total. The molecule has 1 heterocycles. The SMILES string of the molecule is N#Cc1cc(NCc2nccs2)ccc1[N+](=O)[O-]. The minimum absolute atomic E-state index is 0.0455. The first-order chi connectivity index (χ1) is 8.70. The minimum Gasteiger partial charge on any atom is -0.378 e. The predicted octanol–water partition coefficient (Wildman–Crippen LogP) is 2.54. The Hall–Kier alpha value is -2.46. The Balaban J connectivity index is 2.15. The number of nitrogens with zero attached hydrogens (tertiary/aromatic N) is 3. The van der Waals surface area contributed by atoms with E-state index in [1.54, 1.807) is 12.3 Å². The fourth-order valence-electron chi connectivity index (χ4n) is 1.41. The van der Waals surface area contributed by atoms with E-state index in [0.717, 1.165) is 5.01 Å². The lowest BCUT2D eigenvalue weighted by Gasteiger charge is -2.04. The molecule has 0 saturated heterocycles. The van der Waals surface area contributed by atoms with E-state index in [1.807, 2.05) is 11.4 Å². The molecule has 0 atom stereocenters. The lowest BCUT2D eigenvalue weighted by Crippen LogP contribution is -2.00. The summed E-state index contributed by atoms with van der Waals surface area (Å²) in [6.45, 7) is 0.528. The van der Waals surface area contributed by atoms with Crippen molar-refractivity contribution < 1.29 is 4.92 Å². The van der Waals surface area contributed by atoms with Crippen LogP contribution in [0.4, 0.5) is 11.4 Å². The highest BCUT2D eigenvalue weighted by molar-refractivity contribution is 7.09. The van der Waals surface area contributed by atoms with Crippen LogP contribution >= 0.6 is 11.3 Å². The topological polar surface area (TPSA) is 91.8 Å². The molecule has 0 unspecified atom stereocenters. The Kier molecular flexibility index (Phi) is 3.50. The van der Waals surface area contributed by atoms with Gasteiger partial charge in [-0.2, -0.15) is 5.26 Å². The second kappa shape index (κ2) is 5.25. The molecule has 0 spiro atoms. The van der Waals surface area contributed by atoms with Crippen LogP contribution < -0.4 is 5.32 Å². The molecule has 0 bridgehead atoms. The van der Waals surface area contributed by atoms with E-state index in [2.05, 4.69) is 10.3 Å². The molecule has 0 saturated carbocycles. The molecule has 0 fully saturated rings. The summed E-state index contributed by atoms with van der Waals surface area (Å²) in [4.78, 5) is 14.2. The van der Waals surface area contributed by atoms with Crippen molar-refractivity contribution in [2.24, 2.45) is 0 Å². The van der Waals surface area contributed by atoms with Gasteiger partial charge in [0.05, 0.1) is 11.5 Å². The number of nitro benzene ring substituents is 1. The highest BCUT2D eigenvalue weighted by Gasteiger charge is 2.13. The Bertz CT molecular complexity index is 604. The minimum atomic E-state index is -0.566. The van der Waals surface area contributed by atoms with E-state index < -0.39 is 4.92 Å². The van der Waals surface area contributed by atoms with Crippen molar-refractivity contribution in [3.8, 4) is 6.07 Å². The first kappa shape index (κ1) is 12.0. The van der Waals surface area contributed by atoms with Crippen molar-refractivity contribution in [1.82, 2.24) is 4.98 Å². The zero-order valence-electron chi connectivity index (χ0n) is 9.16. The molecule has 0 aliphatic heterocycles. The maximum absolute atomic E-state index is 10.7. The molecular weight excluding hydrogens is 252 g/mol. The Morgan fingerprint density at radius 1 is 1.56 bits per heavy atom. The fourth-order valence-corrected chi connectivity index (χ4v) is 1.97. The van der Waals surface area contributed by atoms with Crippen molar-refractivity contribution in [2.75, 3.05) is 5.32 Å². The smallest absolute Gasteiger partial charge is 0.287 e. The summed E-state index contributed by atoms with van der Waals surface area (Å²) >= 11 is 1.51. The summed E-state index contributed by atoms with van der Waals surface area (Å²) in [6, 6.07) is 6.18. The Labute approximate surface area is 107 Å². The highest BCUT2D eigenvalue weighted by Crippen LogP contribution is 2.22. The summed E-state index contributed by atoms with van der Waals surface area (Å²) in [6.07, 6.45) is 1.71. The van der Waals surface area contributed by atoms with Crippen molar-refractivity contribution >= 4 is 22.7 Å². The summed E-state index contributed by atoms with van der Waals surface area (Å²) < 4.78 is 0. The molecule has 7 heteroatoms. The van der Waals surface area contributed by atoms with Crippen molar-refractivity contribution in [1.29, 1.82) is 5.26 Å². The van der Waals surface area contributed by atoms with Gasteiger partial charge in [0.1, 0.15) is 16.6 Å². The van der Waals surface area contributed by atoms with Gasteiger partial charge >= 0.3 is 0 Å². The Morgan fingerprint density at radius 3 is 3.00 bits per heavy atom. The maximum Gasteiger partial charge on any atom is 0.287 e. The monoisotopic (exact) mass is 260 g/mol. The van der Waals surface area contributed by atoms with Gasteiger partial charge in [0.25, 0.3) is 5.69 Å². The number of nitrogens with one attached hydrogen (secondary N) is 1. The summed E-state index contributed by atoms with van der Waals surface area (Å²) in [5.41, 5.74) is 0.522. The molecule has 90 valence electrons. The standard InChI is InChI=1S/C11H8N4O2S/c12-6-8-5-9(1-2-10(8)15(16)17)14-7-11-13-3-4-18-11/h1-5,14H,7H2. The van der Waals surface area contributed by atoms with E-state index in [1.165, 1.54) is 23.5 Å². The second-order valence-electron chi connectivity index (χ2n) is 3.38. The number of benzene rings is 1. The number of nitro groups is 1. The molecule has 0 aliphatic carbocycles. The van der Waals surface area contributed by atoms with Crippen molar-refractivity contribution in [3.05, 3.63) is 50.5 Å². The van der Waals surface area contributed by atoms with Gasteiger partial charge in [-0.1, -0.05) is 0 Å². The zero-order chi connectivity index (χ0) is 13.0. The first-order valence-corrected chi connectivity index (χ1v) is 5.89. The van der Waals surface area contributed by atoms with E-state index in [9.17, 15) is 10.1 Å². The highest BCUT2D eigenvalue weighted by atomic mass is 32.1. The Morgan fingerprint density at radius 2 is 2.39 bits per heavy atom. The van der Waals surface area contributed by atoms with Gasteiger partial charge in [0, 0.05) is 23.3 Å². The number of aromatic nitrogens is 1. The lowest BCUT2D eigenvalue weighted by molar-refractivity contribution is -0.385. The number of anilines is 1. The van der Waals surface area contributed by atoms with Gasteiger partial charge < -0.3 is 5.32 Å². The van der Waals surface area contributed by atoms with Crippen LogP contribution in [0.5, 0.6) is 0 Å². The van der Waals surface area contributed by atoms with Gasteiger partial charge in [0.15, 0.2) is 0 Å². The van der Waals surface area contributed by atoms with Gasteiger partial charge in [-0.3, -0.25) is 10.1 Å².